The first-order valence-electron chi connectivity index (χ1n) is 4.89. The van der Waals surface area contributed by atoms with E-state index in [9.17, 15) is 4.39 Å². The van der Waals surface area contributed by atoms with Crippen molar-refractivity contribution in [2.45, 2.75) is 19.1 Å². The maximum Gasteiger partial charge on any atom is 0.137 e. The topological polar surface area (TPSA) is 18.5 Å². The number of hydrogen-bond acceptors (Lipinski definition) is 2. The van der Waals surface area contributed by atoms with Gasteiger partial charge in [-0.25, -0.2) is 4.39 Å². The van der Waals surface area contributed by atoms with Gasteiger partial charge >= 0.3 is 0 Å². The van der Waals surface area contributed by atoms with Crippen LogP contribution in [0, 0.1) is 5.82 Å². The van der Waals surface area contributed by atoms with Crippen molar-refractivity contribution in [3.8, 4) is 0 Å². The summed E-state index contributed by atoms with van der Waals surface area (Å²) in [6.07, 6.45) is 1.09. The minimum Gasteiger partial charge on any atom is -0.379 e. The predicted molar refractivity (Wildman–Crippen MR) is 58.1 cm³/mol. The molecule has 1 saturated heterocycles. The van der Waals surface area contributed by atoms with Gasteiger partial charge in [0, 0.05) is 6.61 Å². The highest BCUT2D eigenvalue weighted by atomic mass is 79.9. The third kappa shape index (κ3) is 3.00. The lowest BCUT2D eigenvalue weighted by molar-refractivity contribution is 0.0316. The lowest BCUT2D eigenvalue weighted by atomic mass is 10.2. The van der Waals surface area contributed by atoms with Crippen LogP contribution >= 0.6 is 15.9 Å². The molecule has 1 heterocycles. The summed E-state index contributed by atoms with van der Waals surface area (Å²) < 4.78 is 24.4. The summed E-state index contributed by atoms with van der Waals surface area (Å²) in [7, 11) is 0. The van der Waals surface area contributed by atoms with Gasteiger partial charge in [0.05, 0.1) is 23.8 Å². The van der Waals surface area contributed by atoms with Gasteiger partial charge in [-0.2, -0.15) is 0 Å². The normalized spacial score (nSPS) is 20.8. The van der Waals surface area contributed by atoms with E-state index in [1.807, 2.05) is 6.07 Å². The van der Waals surface area contributed by atoms with Crippen LogP contribution in [-0.4, -0.2) is 19.3 Å². The number of benzene rings is 1. The second-order valence-corrected chi connectivity index (χ2v) is 4.40. The lowest BCUT2D eigenvalue weighted by Crippen LogP contribution is -2.11. The maximum absolute atomic E-state index is 13.2. The van der Waals surface area contributed by atoms with Crippen LogP contribution in [0.25, 0.3) is 0 Å². The van der Waals surface area contributed by atoms with E-state index in [0.29, 0.717) is 17.7 Å². The fourth-order valence-corrected chi connectivity index (χ4v) is 1.73. The van der Waals surface area contributed by atoms with Crippen molar-refractivity contribution >= 4 is 15.9 Å². The summed E-state index contributed by atoms with van der Waals surface area (Å²) in [6, 6.07) is 5.03. The van der Waals surface area contributed by atoms with Gasteiger partial charge in [-0.3, -0.25) is 0 Å². The van der Waals surface area contributed by atoms with Crippen LogP contribution in [0.1, 0.15) is 12.0 Å². The number of hydrogen-bond donors (Lipinski definition) is 0. The number of halogens is 2. The smallest absolute Gasteiger partial charge is 0.137 e. The van der Waals surface area contributed by atoms with Gasteiger partial charge < -0.3 is 9.47 Å². The Morgan fingerprint density at radius 1 is 1.53 bits per heavy atom. The molecule has 1 unspecified atom stereocenters. The molecule has 0 N–H and O–H groups in total. The minimum absolute atomic E-state index is 0.164. The maximum atomic E-state index is 13.2. The van der Waals surface area contributed by atoms with Gasteiger partial charge in [0.15, 0.2) is 0 Å². The van der Waals surface area contributed by atoms with Crippen LogP contribution < -0.4 is 0 Å². The monoisotopic (exact) mass is 274 g/mol. The second-order valence-electron chi connectivity index (χ2n) is 3.55. The molecule has 0 aliphatic carbocycles. The molecule has 0 spiro atoms. The SMILES string of the molecule is Fc1cc(COC2CCOC2)ccc1Br. The molecule has 1 atom stereocenters. The Kier molecular flexibility index (Phi) is 3.72. The molecule has 1 aromatic rings. The zero-order valence-electron chi connectivity index (χ0n) is 8.21. The molecule has 0 saturated carbocycles. The van der Waals surface area contributed by atoms with E-state index in [0.717, 1.165) is 18.6 Å². The van der Waals surface area contributed by atoms with Crippen LogP contribution in [0.15, 0.2) is 22.7 Å². The van der Waals surface area contributed by atoms with Crippen LogP contribution in [-0.2, 0) is 16.1 Å². The summed E-state index contributed by atoms with van der Waals surface area (Å²) in [4.78, 5) is 0. The Hall–Kier alpha value is -0.450. The molecule has 1 aliphatic rings. The van der Waals surface area contributed by atoms with Gasteiger partial charge in [-0.05, 0) is 40.0 Å². The summed E-state index contributed by atoms with van der Waals surface area (Å²) in [6.45, 7) is 1.86. The molecule has 0 amide bonds. The first-order valence-corrected chi connectivity index (χ1v) is 5.68. The molecule has 0 radical (unpaired) electrons. The molecule has 2 rings (SSSR count). The van der Waals surface area contributed by atoms with Crippen LogP contribution in [0.5, 0.6) is 0 Å². The van der Waals surface area contributed by atoms with E-state index in [4.69, 9.17) is 9.47 Å². The standard InChI is InChI=1S/C11H12BrFO2/c12-10-2-1-8(5-11(10)13)6-15-9-3-4-14-7-9/h1-2,5,9H,3-4,6-7H2. The Morgan fingerprint density at radius 3 is 3.07 bits per heavy atom. The van der Waals surface area contributed by atoms with Crippen molar-refractivity contribution < 1.29 is 13.9 Å². The fourth-order valence-electron chi connectivity index (χ4n) is 1.49. The van der Waals surface area contributed by atoms with Crippen LogP contribution in [0.2, 0.25) is 0 Å². The third-order valence-corrected chi connectivity index (χ3v) is 3.00. The molecule has 2 nitrogen and oxygen atoms in total. The van der Waals surface area contributed by atoms with Crippen LogP contribution in [0.3, 0.4) is 0 Å². The molecule has 1 fully saturated rings. The number of rotatable bonds is 3. The van der Waals surface area contributed by atoms with E-state index < -0.39 is 0 Å². The molecule has 1 aromatic carbocycles. The van der Waals surface area contributed by atoms with E-state index in [2.05, 4.69) is 15.9 Å². The molecule has 82 valence electrons. The summed E-state index contributed by atoms with van der Waals surface area (Å²) in [5, 5.41) is 0. The van der Waals surface area contributed by atoms with Gasteiger partial charge in [0.1, 0.15) is 5.82 Å². The zero-order valence-corrected chi connectivity index (χ0v) is 9.80. The second kappa shape index (κ2) is 5.05. The van der Waals surface area contributed by atoms with Gasteiger partial charge in [0.25, 0.3) is 0 Å². The van der Waals surface area contributed by atoms with Gasteiger partial charge in [0.2, 0.25) is 0 Å². The van der Waals surface area contributed by atoms with E-state index in [-0.39, 0.29) is 11.9 Å². The Morgan fingerprint density at radius 2 is 2.40 bits per heavy atom. The first-order chi connectivity index (χ1) is 7.25. The molecule has 1 aliphatic heterocycles. The summed E-state index contributed by atoms with van der Waals surface area (Å²) in [5.74, 6) is -0.251. The van der Waals surface area contributed by atoms with Gasteiger partial charge in [-0.15, -0.1) is 0 Å². The molecule has 0 aromatic heterocycles. The van der Waals surface area contributed by atoms with E-state index in [1.54, 1.807) is 6.07 Å². The molecular weight excluding hydrogens is 263 g/mol. The van der Waals surface area contributed by atoms with Crippen molar-refractivity contribution in [1.29, 1.82) is 0 Å². The average Bonchev–Trinajstić information content (AvgIpc) is 2.73. The van der Waals surface area contributed by atoms with E-state index in [1.165, 1.54) is 6.07 Å². The van der Waals surface area contributed by atoms with Crippen molar-refractivity contribution in [2.75, 3.05) is 13.2 Å². The van der Waals surface area contributed by atoms with Gasteiger partial charge in [-0.1, -0.05) is 6.07 Å². The highest BCUT2D eigenvalue weighted by Crippen LogP contribution is 2.18. The minimum atomic E-state index is -0.251. The average molecular weight is 275 g/mol. The third-order valence-electron chi connectivity index (χ3n) is 2.36. The largest absolute Gasteiger partial charge is 0.379 e. The number of ether oxygens (including phenoxy) is 2. The molecular formula is C11H12BrFO2. The lowest BCUT2D eigenvalue weighted by Gasteiger charge is -2.09. The Labute approximate surface area is 96.5 Å². The highest BCUT2D eigenvalue weighted by molar-refractivity contribution is 9.10. The molecule has 15 heavy (non-hydrogen) atoms. The van der Waals surface area contributed by atoms with Crippen molar-refractivity contribution in [2.24, 2.45) is 0 Å². The summed E-state index contributed by atoms with van der Waals surface area (Å²) >= 11 is 3.11. The predicted octanol–water partition coefficient (Wildman–Crippen LogP) is 2.89. The molecule has 4 heteroatoms. The summed E-state index contributed by atoms with van der Waals surface area (Å²) in [5.41, 5.74) is 0.850. The Balaban J connectivity index is 1.90. The van der Waals surface area contributed by atoms with Crippen molar-refractivity contribution in [1.82, 2.24) is 0 Å². The fraction of sp³-hybridized carbons (Fsp3) is 0.455. The Bertz CT molecular complexity index is 337. The van der Waals surface area contributed by atoms with E-state index >= 15 is 0 Å². The van der Waals surface area contributed by atoms with Crippen molar-refractivity contribution in [3.05, 3.63) is 34.1 Å². The zero-order chi connectivity index (χ0) is 10.7. The van der Waals surface area contributed by atoms with Crippen LogP contribution in [0.4, 0.5) is 4.39 Å². The molecule has 0 bridgehead atoms. The first kappa shape index (κ1) is 11.0. The highest BCUT2D eigenvalue weighted by Gasteiger charge is 2.15. The van der Waals surface area contributed by atoms with Crippen molar-refractivity contribution in [3.63, 3.8) is 0 Å². The quantitative estimate of drug-likeness (QED) is 0.844.